The van der Waals surface area contributed by atoms with Gasteiger partial charge in [-0.1, -0.05) is 52.3 Å². The molecular formula is C21H19BrN4O3. The Morgan fingerprint density at radius 2 is 1.66 bits per heavy atom. The number of hydrogen-bond acceptors (Lipinski definition) is 3. The summed E-state index contributed by atoms with van der Waals surface area (Å²) in [6, 6.07) is 15.3. The Balaban J connectivity index is 1.72. The van der Waals surface area contributed by atoms with E-state index < -0.39 is 23.5 Å². The summed E-state index contributed by atoms with van der Waals surface area (Å²) in [7, 11) is 1.73. The molecule has 29 heavy (non-hydrogen) atoms. The third-order valence-corrected chi connectivity index (χ3v) is 5.92. The Hall–Kier alpha value is -3.13. The van der Waals surface area contributed by atoms with Crippen molar-refractivity contribution < 1.29 is 9.59 Å². The lowest BCUT2D eigenvalue weighted by Crippen LogP contribution is -2.36. The predicted molar refractivity (Wildman–Crippen MR) is 113 cm³/mol. The summed E-state index contributed by atoms with van der Waals surface area (Å²) in [6.45, 7) is 1.72. The third-order valence-electron chi connectivity index (χ3n) is 5.15. The summed E-state index contributed by atoms with van der Waals surface area (Å²) in [6.07, 6.45) is 0.335. The Bertz CT molecular complexity index is 1170. The van der Waals surface area contributed by atoms with Crippen LogP contribution in [0.5, 0.6) is 0 Å². The molecule has 1 fully saturated rings. The number of imide groups is 1. The van der Waals surface area contributed by atoms with E-state index in [1.54, 1.807) is 30.8 Å². The van der Waals surface area contributed by atoms with Gasteiger partial charge < -0.3 is 5.32 Å². The Morgan fingerprint density at radius 3 is 2.34 bits per heavy atom. The second-order valence-electron chi connectivity index (χ2n) is 6.88. The van der Waals surface area contributed by atoms with E-state index in [0.717, 1.165) is 14.9 Å². The second kappa shape index (κ2) is 7.36. The van der Waals surface area contributed by atoms with E-state index in [9.17, 15) is 14.4 Å². The summed E-state index contributed by atoms with van der Waals surface area (Å²) in [5.41, 5.74) is 1.75. The lowest BCUT2D eigenvalue weighted by Gasteiger charge is -2.12. The molecule has 1 aliphatic rings. The van der Waals surface area contributed by atoms with Crippen LogP contribution in [0.15, 0.2) is 63.9 Å². The number of carbonyl (C=O) groups excluding carboxylic acids is 2. The average molecular weight is 455 g/mol. The Kier molecular flexibility index (Phi) is 4.87. The molecule has 1 N–H and O–H groups in total. The highest BCUT2D eigenvalue weighted by Gasteiger charge is 2.42. The largest absolute Gasteiger partial charge is 0.329 e. The predicted octanol–water partition coefficient (Wildman–Crippen LogP) is 2.91. The Morgan fingerprint density at radius 1 is 1.00 bits per heavy atom. The van der Waals surface area contributed by atoms with Crippen LogP contribution in [0.4, 0.5) is 10.5 Å². The SMILES string of the molecule is Cc1c(N2C(=O)NC(Cc3ccccc3Br)C2=O)c(=O)n(-c2ccccc2)n1C. The summed E-state index contributed by atoms with van der Waals surface area (Å²) in [5, 5.41) is 2.71. The molecule has 2 aromatic carbocycles. The number of benzene rings is 2. The molecule has 0 aliphatic carbocycles. The van der Waals surface area contributed by atoms with Gasteiger partial charge in [0.25, 0.3) is 11.5 Å². The molecule has 0 spiro atoms. The number of nitrogens with zero attached hydrogens (tertiary/aromatic N) is 3. The molecule has 1 atom stereocenters. The minimum absolute atomic E-state index is 0.0773. The van der Waals surface area contributed by atoms with Crippen molar-refractivity contribution in [1.29, 1.82) is 0 Å². The molecule has 3 amide bonds. The van der Waals surface area contributed by atoms with Crippen LogP contribution in [0.25, 0.3) is 5.69 Å². The van der Waals surface area contributed by atoms with Crippen molar-refractivity contribution in [2.45, 2.75) is 19.4 Å². The van der Waals surface area contributed by atoms with Crippen molar-refractivity contribution in [3.63, 3.8) is 0 Å². The van der Waals surface area contributed by atoms with Crippen molar-refractivity contribution in [1.82, 2.24) is 14.7 Å². The normalized spacial score (nSPS) is 16.4. The molecule has 4 rings (SSSR count). The molecule has 3 aromatic rings. The lowest BCUT2D eigenvalue weighted by molar-refractivity contribution is -0.118. The monoisotopic (exact) mass is 454 g/mol. The first-order valence-corrected chi connectivity index (χ1v) is 9.91. The minimum Gasteiger partial charge on any atom is -0.325 e. The maximum atomic E-state index is 13.2. The summed E-state index contributed by atoms with van der Waals surface area (Å²) in [4.78, 5) is 39.9. The number of carbonyl (C=O) groups is 2. The van der Waals surface area contributed by atoms with Crippen molar-refractivity contribution in [3.8, 4) is 5.69 Å². The highest BCUT2D eigenvalue weighted by Crippen LogP contribution is 2.25. The fourth-order valence-corrected chi connectivity index (χ4v) is 4.02. The van der Waals surface area contributed by atoms with Crippen LogP contribution in [0, 0.1) is 6.92 Å². The maximum Gasteiger partial charge on any atom is 0.329 e. The van der Waals surface area contributed by atoms with Gasteiger partial charge in [0.05, 0.1) is 11.4 Å². The molecule has 0 radical (unpaired) electrons. The van der Waals surface area contributed by atoms with E-state index in [-0.39, 0.29) is 5.69 Å². The number of anilines is 1. The van der Waals surface area contributed by atoms with Gasteiger partial charge in [0.15, 0.2) is 0 Å². The summed E-state index contributed by atoms with van der Waals surface area (Å²) < 4.78 is 3.96. The molecule has 8 heteroatoms. The number of rotatable bonds is 4. The molecule has 7 nitrogen and oxygen atoms in total. The molecule has 1 unspecified atom stereocenters. The van der Waals surface area contributed by atoms with Crippen LogP contribution < -0.4 is 15.8 Å². The summed E-state index contributed by atoms with van der Waals surface area (Å²) >= 11 is 3.47. The van der Waals surface area contributed by atoms with Gasteiger partial charge in [0.2, 0.25) is 0 Å². The van der Waals surface area contributed by atoms with E-state index in [4.69, 9.17) is 0 Å². The standard InChI is InChI=1S/C21H19BrN4O3/c1-13-18(20(28)26(24(13)2)15-9-4-3-5-10-15)25-19(27)17(23-21(25)29)12-14-8-6-7-11-16(14)22/h3-11,17H,12H2,1-2H3,(H,23,29). The zero-order valence-electron chi connectivity index (χ0n) is 15.9. The number of para-hydroxylation sites is 1. The average Bonchev–Trinajstić information content (AvgIpc) is 3.10. The number of urea groups is 1. The van der Waals surface area contributed by atoms with Gasteiger partial charge in [0.1, 0.15) is 11.7 Å². The number of hydrogen-bond donors (Lipinski definition) is 1. The van der Waals surface area contributed by atoms with E-state index in [0.29, 0.717) is 17.8 Å². The molecule has 1 saturated heterocycles. The van der Waals surface area contributed by atoms with Gasteiger partial charge in [-0.25, -0.2) is 14.4 Å². The molecule has 0 saturated carbocycles. The zero-order valence-corrected chi connectivity index (χ0v) is 17.5. The minimum atomic E-state index is -0.731. The van der Waals surface area contributed by atoms with Gasteiger partial charge >= 0.3 is 6.03 Å². The van der Waals surface area contributed by atoms with Crippen LogP contribution in [0.1, 0.15) is 11.3 Å². The van der Waals surface area contributed by atoms with E-state index >= 15 is 0 Å². The van der Waals surface area contributed by atoms with Crippen molar-refractivity contribution >= 4 is 33.6 Å². The lowest BCUT2D eigenvalue weighted by atomic mass is 10.1. The quantitative estimate of drug-likeness (QED) is 0.615. The third kappa shape index (κ3) is 3.19. The number of nitrogens with one attached hydrogen (secondary N) is 1. The number of halogens is 1. The van der Waals surface area contributed by atoms with Gasteiger partial charge in [-0.2, -0.15) is 0 Å². The van der Waals surface area contributed by atoms with Gasteiger partial charge in [-0.3, -0.25) is 14.3 Å². The van der Waals surface area contributed by atoms with Crippen LogP contribution in [-0.4, -0.2) is 27.3 Å². The maximum absolute atomic E-state index is 13.2. The van der Waals surface area contributed by atoms with Crippen LogP contribution in [0.3, 0.4) is 0 Å². The Labute approximate surface area is 175 Å². The van der Waals surface area contributed by atoms with E-state index in [1.165, 1.54) is 4.68 Å². The van der Waals surface area contributed by atoms with Gasteiger partial charge in [0, 0.05) is 17.9 Å². The van der Waals surface area contributed by atoms with Crippen molar-refractivity contribution in [2.24, 2.45) is 7.05 Å². The van der Waals surface area contributed by atoms with Crippen LogP contribution in [0.2, 0.25) is 0 Å². The fourth-order valence-electron chi connectivity index (χ4n) is 3.58. The highest BCUT2D eigenvalue weighted by atomic mass is 79.9. The summed E-state index contributed by atoms with van der Waals surface area (Å²) in [5.74, 6) is -0.434. The first kappa shape index (κ1) is 19.2. The smallest absolute Gasteiger partial charge is 0.325 e. The zero-order chi connectivity index (χ0) is 20.7. The topological polar surface area (TPSA) is 76.3 Å². The number of amides is 3. The van der Waals surface area contributed by atoms with Gasteiger partial charge in [-0.05, 0) is 30.7 Å². The van der Waals surface area contributed by atoms with E-state index in [2.05, 4.69) is 21.2 Å². The number of aromatic nitrogens is 2. The van der Waals surface area contributed by atoms with Crippen molar-refractivity contribution in [3.05, 3.63) is 80.7 Å². The van der Waals surface area contributed by atoms with Crippen LogP contribution >= 0.6 is 15.9 Å². The highest BCUT2D eigenvalue weighted by molar-refractivity contribution is 9.10. The second-order valence-corrected chi connectivity index (χ2v) is 7.74. The van der Waals surface area contributed by atoms with E-state index in [1.807, 2.05) is 42.5 Å². The van der Waals surface area contributed by atoms with Crippen LogP contribution in [-0.2, 0) is 18.3 Å². The fraction of sp³-hybridized carbons (Fsp3) is 0.190. The first-order chi connectivity index (χ1) is 13.9. The molecular weight excluding hydrogens is 436 g/mol. The first-order valence-electron chi connectivity index (χ1n) is 9.12. The molecule has 2 heterocycles. The molecule has 1 aliphatic heterocycles. The van der Waals surface area contributed by atoms with Crippen molar-refractivity contribution in [2.75, 3.05) is 4.90 Å². The molecule has 1 aromatic heterocycles. The molecule has 0 bridgehead atoms. The molecule has 148 valence electrons. The van der Waals surface area contributed by atoms with Gasteiger partial charge in [-0.15, -0.1) is 0 Å².